The molecule has 1 aliphatic rings. The van der Waals surface area contributed by atoms with Gasteiger partial charge in [0.2, 0.25) is 0 Å². The van der Waals surface area contributed by atoms with E-state index in [1.54, 1.807) is 0 Å². The van der Waals surface area contributed by atoms with Gasteiger partial charge in [-0.2, -0.15) is 0 Å². The van der Waals surface area contributed by atoms with Crippen LogP contribution in [0.4, 0.5) is 0 Å². The van der Waals surface area contributed by atoms with Crippen LogP contribution in [0.15, 0.2) is 104 Å². The summed E-state index contributed by atoms with van der Waals surface area (Å²) < 4.78 is 2.32. The lowest BCUT2D eigenvalue weighted by Gasteiger charge is -2.37. The Morgan fingerprint density at radius 2 is 1.18 bits per heavy atom. The third kappa shape index (κ3) is 4.51. The van der Waals surface area contributed by atoms with Crippen LogP contribution in [0.1, 0.15) is 48.1 Å². The lowest BCUT2D eigenvalue weighted by Crippen LogP contribution is -2.36. The first-order chi connectivity index (χ1) is 16.4. The van der Waals surface area contributed by atoms with Crippen LogP contribution in [-0.2, 0) is 12.0 Å². The van der Waals surface area contributed by atoms with Crippen LogP contribution in [0.3, 0.4) is 0 Å². The van der Waals surface area contributed by atoms with Crippen molar-refractivity contribution in [2.45, 2.75) is 37.6 Å². The van der Waals surface area contributed by atoms with Crippen molar-refractivity contribution in [2.24, 2.45) is 0 Å². The van der Waals surface area contributed by atoms with Crippen molar-refractivity contribution in [1.82, 2.24) is 14.5 Å². The second-order valence-corrected chi connectivity index (χ2v) is 9.09. The molecule has 1 aromatic heterocycles. The minimum atomic E-state index is -0.468. The van der Waals surface area contributed by atoms with Crippen molar-refractivity contribution in [1.29, 1.82) is 0 Å². The molecule has 4 aromatic rings. The Bertz CT molecular complexity index is 1020. The van der Waals surface area contributed by atoms with Crippen molar-refractivity contribution in [3.63, 3.8) is 0 Å². The highest BCUT2D eigenvalue weighted by Crippen LogP contribution is 2.40. The quantitative estimate of drug-likeness (QED) is 0.232. The van der Waals surface area contributed by atoms with Gasteiger partial charge in [0.25, 0.3) is 0 Å². The number of likely N-dealkylation sites (tertiary alicyclic amines) is 1. The van der Waals surface area contributed by atoms with E-state index in [0.717, 1.165) is 6.42 Å². The van der Waals surface area contributed by atoms with Crippen LogP contribution < -0.4 is 0 Å². The van der Waals surface area contributed by atoms with Crippen LogP contribution in [0.5, 0.6) is 0 Å². The zero-order chi connectivity index (χ0) is 22.3. The Morgan fingerprint density at radius 3 is 1.70 bits per heavy atom. The summed E-state index contributed by atoms with van der Waals surface area (Å²) in [6.45, 7) is 3.79. The van der Waals surface area contributed by atoms with Gasteiger partial charge in [0.1, 0.15) is 5.54 Å². The molecule has 0 radical (unpaired) electrons. The van der Waals surface area contributed by atoms with Gasteiger partial charge >= 0.3 is 0 Å². The first-order valence-corrected chi connectivity index (χ1v) is 12.3. The molecule has 3 aromatic carbocycles. The van der Waals surface area contributed by atoms with Crippen molar-refractivity contribution in [3.8, 4) is 0 Å². The van der Waals surface area contributed by atoms with Crippen LogP contribution in [-0.4, -0.2) is 34.1 Å². The Balaban J connectivity index is 1.50. The molecule has 1 aliphatic heterocycles. The molecule has 0 amide bonds. The van der Waals surface area contributed by atoms with Crippen LogP contribution in [0.2, 0.25) is 0 Å². The number of nitrogens with zero attached hydrogens (tertiary/aromatic N) is 3. The maximum atomic E-state index is 4.88. The smallest absolute Gasteiger partial charge is 0.121 e. The van der Waals surface area contributed by atoms with E-state index in [0.29, 0.717) is 0 Å². The topological polar surface area (TPSA) is 21.1 Å². The number of aryl methyl sites for hydroxylation is 1. The fourth-order valence-corrected chi connectivity index (χ4v) is 5.31. The lowest BCUT2D eigenvalue weighted by molar-refractivity contribution is 0.330. The van der Waals surface area contributed by atoms with Gasteiger partial charge in [-0.05, 0) is 68.4 Å². The number of hydrogen-bond donors (Lipinski definition) is 0. The Morgan fingerprint density at radius 1 is 0.667 bits per heavy atom. The average Bonchev–Trinajstić information content (AvgIpc) is 3.57. The van der Waals surface area contributed by atoms with E-state index in [-0.39, 0.29) is 0 Å². The van der Waals surface area contributed by atoms with E-state index in [9.17, 15) is 0 Å². The zero-order valence-electron chi connectivity index (χ0n) is 19.3. The highest BCUT2D eigenvalue weighted by atomic mass is 15.1. The van der Waals surface area contributed by atoms with Crippen LogP contribution in [0.25, 0.3) is 0 Å². The van der Waals surface area contributed by atoms with Gasteiger partial charge in [0, 0.05) is 6.20 Å². The highest BCUT2D eigenvalue weighted by Gasteiger charge is 2.38. The van der Waals surface area contributed by atoms with Gasteiger partial charge in [-0.25, -0.2) is 4.98 Å². The van der Waals surface area contributed by atoms with Gasteiger partial charge < -0.3 is 9.47 Å². The Hall–Kier alpha value is -3.17. The molecule has 0 saturated carbocycles. The molecule has 33 heavy (non-hydrogen) atoms. The monoisotopic (exact) mass is 435 g/mol. The molecule has 3 heteroatoms. The van der Waals surface area contributed by atoms with Gasteiger partial charge in [0.05, 0.1) is 12.0 Å². The predicted molar refractivity (Wildman–Crippen MR) is 135 cm³/mol. The maximum absolute atomic E-state index is 4.88. The molecule has 1 saturated heterocycles. The molecule has 0 bridgehead atoms. The summed E-state index contributed by atoms with van der Waals surface area (Å²) in [6, 6.07) is 32.4. The maximum Gasteiger partial charge on any atom is 0.121 e. The largest absolute Gasteiger partial charge is 0.319 e. The number of unbranched alkanes of at least 4 members (excludes halogenated alkanes) is 1. The van der Waals surface area contributed by atoms with E-state index in [2.05, 4.69) is 107 Å². The van der Waals surface area contributed by atoms with Crippen LogP contribution in [0, 0.1) is 0 Å². The van der Waals surface area contributed by atoms with Gasteiger partial charge in [-0.3, -0.25) is 0 Å². The van der Waals surface area contributed by atoms with Crippen molar-refractivity contribution in [2.75, 3.05) is 19.6 Å². The van der Waals surface area contributed by atoms with Crippen molar-refractivity contribution >= 4 is 0 Å². The zero-order valence-corrected chi connectivity index (χ0v) is 19.3. The number of hydrogen-bond acceptors (Lipinski definition) is 2. The van der Waals surface area contributed by atoms with Crippen LogP contribution >= 0.6 is 0 Å². The number of rotatable bonds is 9. The number of benzene rings is 3. The molecular weight excluding hydrogens is 402 g/mol. The summed E-state index contributed by atoms with van der Waals surface area (Å²) >= 11 is 0. The number of aromatic nitrogens is 2. The molecule has 2 heterocycles. The molecular formula is C30H33N3. The summed E-state index contributed by atoms with van der Waals surface area (Å²) in [5.74, 6) is 0. The predicted octanol–water partition coefficient (Wildman–Crippen LogP) is 6.14. The summed E-state index contributed by atoms with van der Waals surface area (Å²) in [6.07, 6.45) is 10.5. The molecule has 3 nitrogen and oxygen atoms in total. The first-order valence-electron chi connectivity index (χ1n) is 12.3. The molecule has 168 valence electrons. The Labute approximate surface area is 197 Å². The average molecular weight is 436 g/mol. The van der Waals surface area contributed by atoms with E-state index >= 15 is 0 Å². The summed E-state index contributed by atoms with van der Waals surface area (Å²) in [5, 5.41) is 0. The highest BCUT2D eigenvalue weighted by molar-refractivity contribution is 5.50. The standard InChI is InChI=1S/C30H33N3/c1-4-14-26(15-5-1)30(27-16-6-2-7-17-27,28-18-8-3-9-19-28)33-24-29(31-25-33)20-10-11-21-32-22-12-13-23-32/h1-9,14-19,24-25H,10-13,20-23H2. The molecule has 0 N–H and O–H groups in total. The minimum Gasteiger partial charge on any atom is -0.319 e. The second kappa shape index (κ2) is 10.2. The molecule has 0 aliphatic carbocycles. The summed E-state index contributed by atoms with van der Waals surface area (Å²) in [5.41, 5.74) is 4.41. The van der Waals surface area contributed by atoms with E-state index in [1.807, 2.05) is 6.33 Å². The molecule has 0 spiro atoms. The van der Waals surface area contributed by atoms with E-state index < -0.39 is 5.54 Å². The molecule has 0 atom stereocenters. The number of imidazole rings is 1. The molecule has 5 rings (SSSR count). The van der Waals surface area contributed by atoms with E-state index in [4.69, 9.17) is 4.98 Å². The summed E-state index contributed by atoms with van der Waals surface area (Å²) in [4.78, 5) is 7.48. The normalized spacial score (nSPS) is 14.5. The third-order valence-electron chi connectivity index (χ3n) is 6.95. The first kappa shape index (κ1) is 21.7. The van der Waals surface area contributed by atoms with Crippen molar-refractivity contribution in [3.05, 3.63) is 126 Å². The molecule has 1 fully saturated rings. The SMILES string of the molecule is c1ccc(C(c2ccccc2)(c2ccccc2)n2cnc(CCCCN3CCCC3)c2)cc1. The van der Waals surface area contributed by atoms with Gasteiger partial charge in [0.15, 0.2) is 0 Å². The lowest BCUT2D eigenvalue weighted by atomic mass is 9.77. The Kier molecular flexibility index (Phi) is 6.68. The van der Waals surface area contributed by atoms with Gasteiger partial charge in [-0.1, -0.05) is 91.0 Å². The van der Waals surface area contributed by atoms with E-state index in [1.165, 1.54) is 67.7 Å². The summed E-state index contributed by atoms with van der Waals surface area (Å²) in [7, 11) is 0. The van der Waals surface area contributed by atoms with Gasteiger partial charge in [-0.15, -0.1) is 0 Å². The third-order valence-corrected chi connectivity index (χ3v) is 6.95. The fraction of sp³-hybridized carbons (Fsp3) is 0.300. The molecule has 0 unspecified atom stereocenters. The fourth-order valence-electron chi connectivity index (χ4n) is 5.31. The minimum absolute atomic E-state index is 0.468. The van der Waals surface area contributed by atoms with Crippen molar-refractivity contribution < 1.29 is 0 Å². The second-order valence-electron chi connectivity index (χ2n) is 9.09.